The maximum atomic E-state index is 12.7. The molecular weight excluding hydrogens is 376 g/mol. The van der Waals surface area contributed by atoms with Crippen LogP contribution in [0.25, 0.3) is 0 Å². The minimum atomic E-state index is -0.00302. The van der Waals surface area contributed by atoms with E-state index in [0.29, 0.717) is 25.0 Å². The Morgan fingerprint density at radius 3 is 2.17 bits per heavy atom. The van der Waals surface area contributed by atoms with E-state index in [9.17, 15) is 9.59 Å². The molecule has 2 aliphatic heterocycles. The van der Waals surface area contributed by atoms with Gasteiger partial charge in [0.25, 0.3) is 0 Å². The number of hydrogen-bond donors (Lipinski definition) is 1. The van der Waals surface area contributed by atoms with Crippen molar-refractivity contribution in [2.24, 2.45) is 11.8 Å². The van der Waals surface area contributed by atoms with Crippen LogP contribution in [-0.2, 0) is 9.59 Å². The van der Waals surface area contributed by atoms with Gasteiger partial charge in [-0.25, -0.2) is 0 Å². The van der Waals surface area contributed by atoms with Crippen molar-refractivity contribution in [2.75, 3.05) is 50.5 Å². The molecule has 2 amide bonds. The molecule has 6 heteroatoms. The number of likely N-dealkylation sites (N-methyl/N-ethyl adjacent to an activating group) is 1. The molecule has 0 aromatic heterocycles. The lowest BCUT2D eigenvalue weighted by Crippen LogP contribution is -2.43. The fraction of sp³-hybridized carbons (Fsp3) is 0.667. The first-order chi connectivity index (χ1) is 14.5. The first kappa shape index (κ1) is 21.2. The summed E-state index contributed by atoms with van der Waals surface area (Å²) in [6.45, 7) is 3.56. The van der Waals surface area contributed by atoms with Gasteiger partial charge in [0.1, 0.15) is 0 Å². The Balaban J connectivity index is 1.25. The number of carbonyl (C=O) groups is 2. The molecule has 3 fully saturated rings. The molecule has 4 rings (SSSR count). The zero-order valence-corrected chi connectivity index (χ0v) is 18.5. The predicted octanol–water partition coefficient (Wildman–Crippen LogP) is 3.19. The molecule has 0 radical (unpaired) electrons. The number of hydrogen-bond acceptors (Lipinski definition) is 4. The molecule has 30 heavy (non-hydrogen) atoms. The van der Waals surface area contributed by atoms with Gasteiger partial charge in [0, 0.05) is 55.4 Å². The number of nitrogens with zero attached hydrogens (tertiary/aromatic N) is 3. The second-order valence-electron chi connectivity index (χ2n) is 9.47. The molecule has 3 aliphatic rings. The minimum absolute atomic E-state index is 0.00302. The van der Waals surface area contributed by atoms with Gasteiger partial charge in [-0.05, 0) is 70.5 Å². The highest BCUT2D eigenvalue weighted by molar-refractivity contribution is 5.93. The first-order valence-electron chi connectivity index (χ1n) is 11.6. The van der Waals surface area contributed by atoms with Gasteiger partial charge in [0.2, 0.25) is 11.8 Å². The second-order valence-corrected chi connectivity index (χ2v) is 9.47. The van der Waals surface area contributed by atoms with Crippen molar-refractivity contribution in [1.82, 2.24) is 9.80 Å². The second kappa shape index (κ2) is 9.38. The fourth-order valence-electron chi connectivity index (χ4n) is 5.19. The largest absolute Gasteiger partial charge is 0.370 e. The lowest BCUT2D eigenvalue weighted by Gasteiger charge is -2.33. The van der Waals surface area contributed by atoms with E-state index in [2.05, 4.69) is 41.3 Å². The number of nitrogens with one attached hydrogen (secondary N) is 1. The quantitative estimate of drug-likeness (QED) is 0.807. The van der Waals surface area contributed by atoms with Crippen molar-refractivity contribution >= 4 is 23.2 Å². The Kier molecular flexibility index (Phi) is 6.61. The van der Waals surface area contributed by atoms with E-state index in [1.807, 2.05) is 17.0 Å². The molecule has 6 nitrogen and oxygen atoms in total. The van der Waals surface area contributed by atoms with Gasteiger partial charge in [-0.1, -0.05) is 12.8 Å². The third-order valence-corrected chi connectivity index (χ3v) is 7.28. The van der Waals surface area contributed by atoms with Crippen molar-refractivity contribution in [2.45, 2.75) is 51.0 Å². The van der Waals surface area contributed by atoms with Crippen LogP contribution in [-0.4, -0.2) is 67.9 Å². The van der Waals surface area contributed by atoms with Crippen molar-refractivity contribution in [3.8, 4) is 0 Å². The Morgan fingerprint density at radius 1 is 0.900 bits per heavy atom. The van der Waals surface area contributed by atoms with Gasteiger partial charge >= 0.3 is 0 Å². The zero-order valence-electron chi connectivity index (χ0n) is 18.5. The van der Waals surface area contributed by atoms with E-state index in [1.54, 1.807) is 0 Å². The van der Waals surface area contributed by atoms with Crippen molar-refractivity contribution in [1.29, 1.82) is 0 Å². The van der Waals surface area contributed by atoms with Gasteiger partial charge in [0.15, 0.2) is 0 Å². The van der Waals surface area contributed by atoms with E-state index in [4.69, 9.17) is 0 Å². The molecular formula is C24H36N4O2. The monoisotopic (exact) mass is 412 g/mol. The first-order valence-corrected chi connectivity index (χ1v) is 11.6. The van der Waals surface area contributed by atoms with Crippen molar-refractivity contribution in [3.05, 3.63) is 24.3 Å². The molecule has 1 unspecified atom stereocenters. The van der Waals surface area contributed by atoms with Gasteiger partial charge in [-0.2, -0.15) is 0 Å². The third-order valence-electron chi connectivity index (χ3n) is 7.28. The number of piperidine rings is 1. The summed E-state index contributed by atoms with van der Waals surface area (Å²) in [5.41, 5.74) is 2.08. The molecule has 2 saturated heterocycles. The molecule has 164 valence electrons. The smallest absolute Gasteiger partial charge is 0.227 e. The Hall–Kier alpha value is -2.08. The Bertz CT molecular complexity index is 734. The van der Waals surface area contributed by atoms with E-state index in [1.165, 1.54) is 24.9 Å². The molecule has 1 aliphatic carbocycles. The highest BCUT2D eigenvalue weighted by Gasteiger charge is 2.32. The molecule has 1 aromatic carbocycles. The van der Waals surface area contributed by atoms with E-state index in [-0.39, 0.29) is 17.7 Å². The highest BCUT2D eigenvalue weighted by atomic mass is 16.2. The van der Waals surface area contributed by atoms with Crippen LogP contribution in [0.2, 0.25) is 0 Å². The van der Waals surface area contributed by atoms with Crippen LogP contribution < -0.4 is 10.2 Å². The average Bonchev–Trinajstić information content (AvgIpc) is 3.46. The summed E-state index contributed by atoms with van der Waals surface area (Å²) < 4.78 is 0. The van der Waals surface area contributed by atoms with Crippen LogP contribution >= 0.6 is 0 Å². The van der Waals surface area contributed by atoms with Crippen LogP contribution in [0.15, 0.2) is 24.3 Å². The van der Waals surface area contributed by atoms with Crippen molar-refractivity contribution < 1.29 is 9.59 Å². The number of benzene rings is 1. The Morgan fingerprint density at radius 2 is 1.57 bits per heavy atom. The van der Waals surface area contributed by atoms with E-state index in [0.717, 1.165) is 44.5 Å². The van der Waals surface area contributed by atoms with Crippen LogP contribution in [0.4, 0.5) is 11.4 Å². The molecule has 0 spiro atoms. The van der Waals surface area contributed by atoms with Crippen LogP contribution in [0.1, 0.15) is 44.9 Å². The number of anilines is 2. The molecule has 0 bridgehead atoms. The average molecular weight is 413 g/mol. The van der Waals surface area contributed by atoms with Gasteiger partial charge < -0.3 is 20.0 Å². The number of rotatable bonds is 5. The van der Waals surface area contributed by atoms with E-state index < -0.39 is 0 Å². The summed E-state index contributed by atoms with van der Waals surface area (Å²) in [6.07, 6.45) is 7.17. The van der Waals surface area contributed by atoms with Crippen LogP contribution in [0.5, 0.6) is 0 Å². The van der Waals surface area contributed by atoms with E-state index >= 15 is 0 Å². The summed E-state index contributed by atoms with van der Waals surface area (Å²) in [7, 11) is 4.28. The lowest BCUT2D eigenvalue weighted by atomic mass is 9.94. The highest BCUT2D eigenvalue weighted by Crippen LogP contribution is 2.29. The SMILES string of the molecule is CN(C)C1CCN(c2ccc(NC(=O)C3CCN(C(=O)C4CCCC4)CC3)cc2)C1. The molecule has 1 atom stereocenters. The maximum Gasteiger partial charge on any atom is 0.227 e. The molecule has 1 N–H and O–H groups in total. The fourth-order valence-corrected chi connectivity index (χ4v) is 5.19. The van der Waals surface area contributed by atoms with Crippen LogP contribution in [0.3, 0.4) is 0 Å². The summed E-state index contributed by atoms with van der Waals surface area (Å²) in [5.74, 6) is 0.638. The molecule has 2 heterocycles. The molecule has 1 aromatic rings. The lowest BCUT2D eigenvalue weighted by molar-refractivity contribution is -0.138. The normalized spacial score (nSPS) is 23.4. The summed E-state index contributed by atoms with van der Waals surface area (Å²) in [5, 5.41) is 3.09. The summed E-state index contributed by atoms with van der Waals surface area (Å²) >= 11 is 0. The van der Waals surface area contributed by atoms with Crippen LogP contribution in [0, 0.1) is 11.8 Å². The van der Waals surface area contributed by atoms with Gasteiger partial charge in [0.05, 0.1) is 0 Å². The number of carbonyl (C=O) groups excluding carboxylic acids is 2. The third kappa shape index (κ3) is 4.80. The zero-order chi connectivity index (χ0) is 21.1. The van der Waals surface area contributed by atoms with Crippen molar-refractivity contribution in [3.63, 3.8) is 0 Å². The minimum Gasteiger partial charge on any atom is -0.370 e. The Labute approximate surface area is 180 Å². The van der Waals surface area contributed by atoms with Gasteiger partial charge in [-0.15, -0.1) is 0 Å². The number of likely N-dealkylation sites (tertiary alicyclic amines) is 1. The number of amides is 2. The standard InChI is InChI=1S/C24H36N4O2/c1-26(2)22-13-16-28(17-22)21-9-7-20(8-10-21)25-23(29)18-11-14-27(15-12-18)24(30)19-5-3-4-6-19/h7-10,18-19,22H,3-6,11-17H2,1-2H3,(H,25,29). The summed E-state index contributed by atoms with van der Waals surface area (Å²) in [4.78, 5) is 32.0. The van der Waals surface area contributed by atoms with Gasteiger partial charge in [-0.3, -0.25) is 9.59 Å². The maximum absolute atomic E-state index is 12.7. The topological polar surface area (TPSA) is 55.9 Å². The predicted molar refractivity (Wildman–Crippen MR) is 121 cm³/mol. The summed E-state index contributed by atoms with van der Waals surface area (Å²) in [6, 6.07) is 8.84. The molecule has 1 saturated carbocycles.